The van der Waals surface area contributed by atoms with E-state index in [0.29, 0.717) is 5.92 Å². The standard InChI is InChI=1S/C15H23NO2/c1-11(2)12-6-5-7-13(10-12)18-16-14-8-9-15(3,4)17-14/h5-7,10-11,14,16H,8-9H2,1-4H3. The molecule has 1 heterocycles. The van der Waals surface area contributed by atoms with Gasteiger partial charge in [0.1, 0.15) is 12.0 Å². The van der Waals surface area contributed by atoms with Crippen molar-refractivity contribution in [3.63, 3.8) is 0 Å². The van der Waals surface area contributed by atoms with Gasteiger partial charge in [-0.05, 0) is 50.3 Å². The molecule has 18 heavy (non-hydrogen) atoms. The fourth-order valence-electron chi connectivity index (χ4n) is 2.14. The van der Waals surface area contributed by atoms with Crippen LogP contribution in [-0.4, -0.2) is 11.8 Å². The maximum Gasteiger partial charge on any atom is 0.147 e. The van der Waals surface area contributed by atoms with Crippen molar-refractivity contribution in [3.05, 3.63) is 29.8 Å². The monoisotopic (exact) mass is 249 g/mol. The second kappa shape index (κ2) is 5.29. The summed E-state index contributed by atoms with van der Waals surface area (Å²) in [7, 11) is 0. The van der Waals surface area contributed by atoms with Gasteiger partial charge in [-0.3, -0.25) is 0 Å². The molecule has 0 bridgehead atoms. The van der Waals surface area contributed by atoms with Crippen LogP contribution in [0.4, 0.5) is 0 Å². The smallest absolute Gasteiger partial charge is 0.147 e. The lowest BCUT2D eigenvalue weighted by atomic mass is 10.0. The minimum absolute atomic E-state index is 0.0114. The molecule has 0 radical (unpaired) electrons. The lowest BCUT2D eigenvalue weighted by molar-refractivity contribution is -0.0728. The van der Waals surface area contributed by atoms with Crippen LogP contribution < -0.4 is 10.3 Å². The van der Waals surface area contributed by atoms with E-state index in [1.165, 1.54) is 5.56 Å². The average Bonchev–Trinajstić information content (AvgIpc) is 2.67. The summed E-state index contributed by atoms with van der Waals surface area (Å²) in [6.45, 7) is 8.56. The van der Waals surface area contributed by atoms with Crippen LogP contribution in [0, 0.1) is 0 Å². The molecule has 0 spiro atoms. The summed E-state index contributed by atoms with van der Waals surface area (Å²) in [4.78, 5) is 5.60. The molecular weight excluding hydrogens is 226 g/mol. The van der Waals surface area contributed by atoms with Crippen molar-refractivity contribution in [2.75, 3.05) is 0 Å². The Labute approximate surface area is 109 Å². The van der Waals surface area contributed by atoms with Crippen molar-refractivity contribution in [2.45, 2.75) is 58.3 Å². The van der Waals surface area contributed by atoms with Gasteiger partial charge in [0.05, 0.1) is 5.60 Å². The molecule has 1 saturated heterocycles. The first-order valence-corrected chi connectivity index (χ1v) is 6.66. The third-order valence-electron chi connectivity index (χ3n) is 3.30. The van der Waals surface area contributed by atoms with Crippen LogP contribution in [0.15, 0.2) is 24.3 Å². The lowest BCUT2D eigenvalue weighted by Gasteiger charge is -2.20. The molecule has 0 aliphatic carbocycles. The Morgan fingerprint density at radius 1 is 1.39 bits per heavy atom. The highest BCUT2D eigenvalue weighted by Gasteiger charge is 2.31. The fraction of sp³-hybridized carbons (Fsp3) is 0.600. The lowest BCUT2D eigenvalue weighted by Crippen LogP contribution is -2.33. The van der Waals surface area contributed by atoms with Crippen molar-refractivity contribution >= 4 is 0 Å². The van der Waals surface area contributed by atoms with Crippen LogP contribution in [0.25, 0.3) is 0 Å². The number of rotatable bonds is 4. The normalized spacial score (nSPS) is 22.4. The van der Waals surface area contributed by atoms with Gasteiger partial charge in [-0.15, -0.1) is 5.48 Å². The highest BCUT2D eigenvalue weighted by atomic mass is 16.7. The van der Waals surface area contributed by atoms with E-state index >= 15 is 0 Å². The van der Waals surface area contributed by atoms with Crippen molar-refractivity contribution in [2.24, 2.45) is 0 Å². The Hall–Kier alpha value is -1.06. The van der Waals surface area contributed by atoms with Crippen molar-refractivity contribution in [1.29, 1.82) is 0 Å². The van der Waals surface area contributed by atoms with Gasteiger partial charge in [-0.25, -0.2) is 0 Å². The molecule has 0 aromatic heterocycles. The Balaban J connectivity index is 1.89. The second-order valence-electron chi connectivity index (χ2n) is 5.85. The highest BCUT2D eigenvalue weighted by molar-refractivity contribution is 5.30. The summed E-state index contributed by atoms with van der Waals surface area (Å²) in [5.41, 5.74) is 4.24. The summed E-state index contributed by atoms with van der Waals surface area (Å²) in [5.74, 6) is 1.35. The predicted molar refractivity (Wildman–Crippen MR) is 72.5 cm³/mol. The molecule has 0 saturated carbocycles. The number of hydrogen-bond acceptors (Lipinski definition) is 3. The predicted octanol–water partition coefficient (Wildman–Crippen LogP) is 3.61. The van der Waals surface area contributed by atoms with E-state index in [2.05, 4.69) is 45.3 Å². The Kier molecular flexibility index (Phi) is 3.93. The summed E-state index contributed by atoms with van der Waals surface area (Å²) < 4.78 is 5.81. The van der Waals surface area contributed by atoms with Crippen LogP contribution in [-0.2, 0) is 4.74 Å². The number of hydroxylamine groups is 1. The van der Waals surface area contributed by atoms with Gasteiger partial charge in [0.25, 0.3) is 0 Å². The van der Waals surface area contributed by atoms with Gasteiger partial charge in [-0.2, -0.15) is 0 Å². The van der Waals surface area contributed by atoms with E-state index in [4.69, 9.17) is 9.57 Å². The van der Waals surface area contributed by atoms with Crippen molar-refractivity contribution in [1.82, 2.24) is 5.48 Å². The summed E-state index contributed by atoms with van der Waals surface area (Å²) >= 11 is 0. The molecule has 2 rings (SSSR count). The minimum Gasteiger partial charge on any atom is -0.406 e. The zero-order chi connectivity index (χ0) is 13.2. The zero-order valence-electron chi connectivity index (χ0n) is 11.7. The maximum atomic E-state index is 5.81. The molecule has 1 aromatic rings. The SMILES string of the molecule is CC(C)c1cccc(ONC2CCC(C)(C)O2)c1. The van der Waals surface area contributed by atoms with Crippen molar-refractivity contribution in [3.8, 4) is 5.75 Å². The van der Waals surface area contributed by atoms with Gasteiger partial charge in [0, 0.05) is 0 Å². The molecule has 1 atom stereocenters. The number of ether oxygens (including phenoxy) is 1. The van der Waals surface area contributed by atoms with Crippen LogP contribution in [0.2, 0.25) is 0 Å². The molecule has 1 fully saturated rings. The van der Waals surface area contributed by atoms with Crippen molar-refractivity contribution < 1.29 is 9.57 Å². The molecule has 1 aliphatic heterocycles. The zero-order valence-corrected chi connectivity index (χ0v) is 11.7. The summed E-state index contributed by atoms with van der Waals surface area (Å²) in [6, 6.07) is 8.16. The van der Waals surface area contributed by atoms with Crippen LogP contribution in [0.3, 0.4) is 0 Å². The van der Waals surface area contributed by atoms with Gasteiger partial charge < -0.3 is 9.57 Å². The molecule has 0 amide bonds. The topological polar surface area (TPSA) is 30.5 Å². The fourth-order valence-corrected chi connectivity index (χ4v) is 2.14. The summed E-state index contributed by atoms with van der Waals surface area (Å²) in [6.07, 6.45) is 2.03. The van der Waals surface area contributed by atoms with Crippen LogP contribution >= 0.6 is 0 Å². The van der Waals surface area contributed by atoms with E-state index in [-0.39, 0.29) is 11.8 Å². The first kappa shape index (κ1) is 13.4. The molecule has 1 unspecified atom stereocenters. The Morgan fingerprint density at radius 2 is 2.17 bits per heavy atom. The molecule has 1 aliphatic rings. The van der Waals surface area contributed by atoms with E-state index in [1.807, 2.05) is 12.1 Å². The van der Waals surface area contributed by atoms with Gasteiger partial charge >= 0.3 is 0 Å². The number of hydrogen-bond donors (Lipinski definition) is 1. The number of benzene rings is 1. The molecule has 1 N–H and O–H groups in total. The third kappa shape index (κ3) is 3.47. The summed E-state index contributed by atoms with van der Waals surface area (Å²) in [5, 5.41) is 0. The van der Waals surface area contributed by atoms with E-state index < -0.39 is 0 Å². The Morgan fingerprint density at radius 3 is 2.78 bits per heavy atom. The first-order chi connectivity index (χ1) is 8.46. The Bertz CT molecular complexity index is 401. The third-order valence-corrected chi connectivity index (χ3v) is 3.30. The maximum absolute atomic E-state index is 5.81. The molecule has 3 heteroatoms. The van der Waals surface area contributed by atoms with Gasteiger partial charge in [0.2, 0.25) is 0 Å². The van der Waals surface area contributed by atoms with E-state index in [9.17, 15) is 0 Å². The molecule has 100 valence electrons. The van der Waals surface area contributed by atoms with Gasteiger partial charge in [0.15, 0.2) is 0 Å². The molecular formula is C15H23NO2. The first-order valence-electron chi connectivity index (χ1n) is 6.66. The minimum atomic E-state index is -0.0409. The highest BCUT2D eigenvalue weighted by Crippen LogP contribution is 2.28. The molecule has 3 nitrogen and oxygen atoms in total. The quantitative estimate of drug-likeness (QED) is 0.827. The van der Waals surface area contributed by atoms with Crippen LogP contribution in [0.1, 0.15) is 52.0 Å². The van der Waals surface area contributed by atoms with E-state index in [0.717, 1.165) is 18.6 Å². The van der Waals surface area contributed by atoms with Crippen LogP contribution in [0.5, 0.6) is 5.75 Å². The molecule has 1 aromatic carbocycles. The number of nitrogens with one attached hydrogen (secondary N) is 1. The second-order valence-corrected chi connectivity index (χ2v) is 5.85. The average molecular weight is 249 g/mol. The van der Waals surface area contributed by atoms with E-state index in [1.54, 1.807) is 0 Å². The van der Waals surface area contributed by atoms with Gasteiger partial charge in [-0.1, -0.05) is 26.0 Å². The largest absolute Gasteiger partial charge is 0.406 e.